The number of aromatic amines is 1. The van der Waals surface area contributed by atoms with Crippen LogP contribution in [0.5, 0.6) is 0 Å². The summed E-state index contributed by atoms with van der Waals surface area (Å²) in [7, 11) is 1.89. The molecule has 1 saturated heterocycles. The van der Waals surface area contributed by atoms with Crippen molar-refractivity contribution in [3.05, 3.63) is 34.9 Å². The van der Waals surface area contributed by atoms with Gasteiger partial charge in [0.15, 0.2) is 4.77 Å². The number of anilines is 2. The summed E-state index contributed by atoms with van der Waals surface area (Å²) in [5.74, 6) is 0.669. The number of rotatable bonds is 2. The topological polar surface area (TPSA) is 40.1 Å². The molecule has 0 bridgehead atoms. The second kappa shape index (κ2) is 5.24. The van der Waals surface area contributed by atoms with Crippen molar-refractivity contribution in [2.24, 2.45) is 7.05 Å². The normalized spacial score (nSPS) is 15.7. The summed E-state index contributed by atoms with van der Waals surface area (Å²) >= 11 is 5.12. The predicted octanol–water partition coefficient (Wildman–Crippen LogP) is 1.94. The highest BCUT2D eigenvalue weighted by Gasteiger charge is 2.21. The van der Waals surface area contributed by atoms with Gasteiger partial charge in [-0.1, -0.05) is 12.1 Å². The van der Waals surface area contributed by atoms with E-state index in [9.17, 15) is 4.39 Å². The molecule has 1 aromatic carbocycles. The Kier molecular flexibility index (Phi) is 3.43. The summed E-state index contributed by atoms with van der Waals surface area (Å²) in [5.41, 5.74) is 0.669. The molecule has 1 aliphatic heterocycles. The monoisotopic (exact) mass is 293 g/mol. The van der Waals surface area contributed by atoms with Crippen LogP contribution in [-0.2, 0) is 7.05 Å². The molecule has 0 radical (unpaired) electrons. The van der Waals surface area contributed by atoms with Crippen molar-refractivity contribution in [1.29, 1.82) is 0 Å². The molecule has 2 heterocycles. The number of aromatic nitrogens is 3. The number of halogens is 1. The van der Waals surface area contributed by atoms with Gasteiger partial charge >= 0.3 is 0 Å². The molecular weight excluding hydrogens is 277 g/mol. The minimum absolute atomic E-state index is 0.167. The molecular formula is C13H16FN5S. The van der Waals surface area contributed by atoms with E-state index in [1.807, 2.05) is 23.7 Å². The number of H-pyrrole nitrogens is 1. The van der Waals surface area contributed by atoms with Gasteiger partial charge in [0, 0.05) is 33.2 Å². The lowest BCUT2D eigenvalue weighted by Gasteiger charge is -2.36. The van der Waals surface area contributed by atoms with Crippen LogP contribution in [0.4, 0.5) is 16.0 Å². The molecule has 1 N–H and O–H groups in total. The molecule has 1 aromatic heterocycles. The first kappa shape index (κ1) is 13.1. The summed E-state index contributed by atoms with van der Waals surface area (Å²) in [6.07, 6.45) is 0. The van der Waals surface area contributed by atoms with Crippen LogP contribution in [0.2, 0.25) is 0 Å². The molecule has 20 heavy (non-hydrogen) atoms. The van der Waals surface area contributed by atoms with E-state index in [2.05, 4.69) is 20.0 Å². The standard InChI is InChI=1S/C13H16FN5S/c1-17-12(15-16-13(17)20)19-8-6-18(7-9-19)11-5-3-2-4-10(11)14/h2-5H,6-9H2,1H3,(H,16,20). The summed E-state index contributed by atoms with van der Waals surface area (Å²) < 4.78 is 16.2. The van der Waals surface area contributed by atoms with Crippen LogP contribution in [0.1, 0.15) is 0 Å². The van der Waals surface area contributed by atoms with Crippen molar-refractivity contribution < 1.29 is 4.39 Å². The van der Waals surface area contributed by atoms with Crippen molar-refractivity contribution in [2.45, 2.75) is 0 Å². The van der Waals surface area contributed by atoms with Gasteiger partial charge in [-0.15, -0.1) is 5.10 Å². The molecule has 5 nitrogen and oxygen atoms in total. The lowest BCUT2D eigenvalue weighted by molar-refractivity contribution is 0.590. The number of hydrogen-bond donors (Lipinski definition) is 1. The van der Waals surface area contributed by atoms with Gasteiger partial charge in [-0.25, -0.2) is 9.49 Å². The van der Waals surface area contributed by atoms with Crippen LogP contribution >= 0.6 is 12.2 Å². The van der Waals surface area contributed by atoms with Gasteiger partial charge in [0.2, 0.25) is 5.95 Å². The Hall–Kier alpha value is -1.89. The zero-order valence-corrected chi connectivity index (χ0v) is 12.0. The Morgan fingerprint density at radius 1 is 1.15 bits per heavy atom. The number of para-hydroxylation sites is 1. The summed E-state index contributed by atoms with van der Waals surface area (Å²) in [6.45, 7) is 3.12. The molecule has 0 spiro atoms. The van der Waals surface area contributed by atoms with Gasteiger partial charge in [0.05, 0.1) is 5.69 Å². The number of benzene rings is 1. The maximum Gasteiger partial charge on any atom is 0.225 e. The fraction of sp³-hybridized carbons (Fsp3) is 0.385. The van der Waals surface area contributed by atoms with Crippen LogP contribution < -0.4 is 9.80 Å². The third-order valence-corrected chi connectivity index (χ3v) is 3.98. The maximum absolute atomic E-state index is 13.8. The lowest BCUT2D eigenvalue weighted by atomic mass is 10.2. The van der Waals surface area contributed by atoms with Gasteiger partial charge in [-0.05, 0) is 24.4 Å². The first-order valence-electron chi connectivity index (χ1n) is 6.52. The van der Waals surface area contributed by atoms with Crippen LogP contribution in [0.15, 0.2) is 24.3 Å². The van der Waals surface area contributed by atoms with E-state index < -0.39 is 0 Å². The molecule has 1 aliphatic rings. The number of nitrogens with one attached hydrogen (secondary N) is 1. The summed E-state index contributed by atoms with van der Waals surface area (Å²) in [5, 5.41) is 7.02. The Morgan fingerprint density at radius 3 is 2.40 bits per heavy atom. The molecule has 3 rings (SSSR count). The first-order chi connectivity index (χ1) is 9.66. The highest BCUT2D eigenvalue weighted by molar-refractivity contribution is 7.71. The average molecular weight is 293 g/mol. The largest absolute Gasteiger partial charge is 0.366 e. The van der Waals surface area contributed by atoms with Gasteiger partial charge in [-0.2, -0.15) is 0 Å². The van der Waals surface area contributed by atoms with Crippen LogP contribution in [0, 0.1) is 10.6 Å². The van der Waals surface area contributed by atoms with Gasteiger partial charge in [0.25, 0.3) is 0 Å². The van der Waals surface area contributed by atoms with Gasteiger partial charge in [0.1, 0.15) is 5.82 Å². The first-order valence-corrected chi connectivity index (χ1v) is 6.93. The Balaban J connectivity index is 1.73. The molecule has 0 saturated carbocycles. The summed E-state index contributed by atoms with van der Waals surface area (Å²) in [6, 6.07) is 6.89. The smallest absolute Gasteiger partial charge is 0.225 e. The van der Waals surface area contributed by atoms with Crippen molar-refractivity contribution >= 4 is 23.9 Å². The minimum atomic E-state index is -0.167. The Labute approximate surface area is 121 Å². The van der Waals surface area contributed by atoms with E-state index in [-0.39, 0.29) is 5.82 Å². The maximum atomic E-state index is 13.8. The molecule has 0 atom stereocenters. The van der Waals surface area contributed by atoms with Crippen LogP contribution in [-0.4, -0.2) is 40.9 Å². The quantitative estimate of drug-likeness (QED) is 0.859. The zero-order valence-electron chi connectivity index (χ0n) is 11.2. The third kappa shape index (κ3) is 2.29. The van der Waals surface area contributed by atoms with Crippen LogP contribution in [0.25, 0.3) is 0 Å². The second-order valence-electron chi connectivity index (χ2n) is 4.81. The van der Waals surface area contributed by atoms with Gasteiger partial charge in [-0.3, -0.25) is 4.57 Å². The van der Waals surface area contributed by atoms with E-state index in [0.717, 1.165) is 32.1 Å². The number of nitrogens with zero attached hydrogens (tertiary/aromatic N) is 4. The number of hydrogen-bond acceptors (Lipinski definition) is 4. The van der Waals surface area contributed by atoms with E-state index >= 15 is 0 Å². The van der Waals surface area contributed by atoms with Crippen molar-refractivity contribution in [2.75, 3.05) is 36.0 Å². The van der Waals surface area contributed by atoms with Crippen molar-refractivity contribution in [3.63, 3.8) is 0 Å². The number of piperazine rings is 1. The van der Waals surface area contributed by atoms with Gasteiger partial charge < -0.3 is 9.80 Å². The van der Waals surface area contributed by atoms with E-state index in [1.165, 1.54) is 6.07 Å². The van der Waals surface area contributed by atoms with E-state index in [1.54, 1.807) is 6.07 Å². The molecule has 0 aliphatic carbocycles. The molecule has 0 unspecified atom stereocenters. The van der Waals surface area contributed by atoms with Crippen molar-refractivity contribution in [1.82, 2.24) is 14.8 Å². The third-order valence-electron chi connectivity index (χ3n) is 3.61. The molecule has 0 amide bonds. The Morgan fingerprint density at radius 2 is 1.80 bits per heavy atom. The highest BCUT2D eigenvalue weighted by Crippen LogP contribution is 2.21. The van der Waals surface area contributed by atoms with E-state index in [4.69, 9.17) is 12.2 Å². The lowest BCUT2D eigenvalue weighted by Crippen LogP contribution is -2.47. The zero-order chi connectivity index (χ0) is 14.1. The summed E-state index contributed by atoms with van der Waals surface area (Å²) in [4.78, 5) is 4.22. The minimum Gasteiger partial charge on any atom is -0.366 e. The van der Waals surface area contributed by atoms with Crippen molar-refractivity contribution in [3.8, 4) is 0 Å². The molecule has 7 heteroatoms. The second-order valence-corrected chi connectivity index (χ2v) is 5.20. The highest BCUT2D eigenvalue weighted by atomic mass is 32.1. The molecule has 106 valence electrons. The van der Waals surface area contributed by atoms with E-state index in [0.29, 0.717) is 10.5 Å². The van der Waals surface area contributed by atoms with Crippen LogP contribution in [0.3, 0.4) is 0 Å². The molecule has 2 aromatic rings. The Bertz CT molecular complexity index is 657. The predicted molar refractivity (Wildman–Crippen MR) is 79.2 cm³/mol. The average Bonchev–Trinajstić information content (AvgIpc) is 2.80. The molecule has 1 fully saturated rings. The fourth-order valence-electron chi connectivity index (χ4n) is 2.48. The fourth-order valence-corrected chi connectivity index (χ4v) is 2.60. The SMILES string of the molecule is Cn1c(N2CCN(c3ccccc3F)CC2)n[nH]c1=S.